The summed E-state index contributed by atoms with van der Waals surface area (Å²) >= 11 is 1.46. The van der Waals surface area contributed by atoms with Crippen LogP contribution >= 0.6 is 11.8 Å². The zero-order chi connectivity index (χ0) is 16.5. The van der Waals surface area contributed by atoms with Crippen LogP contribution in [0.4, 0.5) is 0 Å². The lowest BCUT2D eigenvalue weighted by Crippen LogP contribution is -2.50. The maximum atomic E-state index is 12.3. The molecule has 1 unspecified atom stereocenters. The molecule has 0 aromatic heterocycles. The van der Waals surface area contributed by atoms with Crippen molar-refractivity contribution < 1.29 is 23.1 Å². The van der Waals surface area contributed by atoms with Gasteiger partial charge in [0.05, 0.1) is 12.3 Å². The van der Waals surface area contributed by atoms with Crippen molar-refractivity contribution in [2.75, 3.05) is 30.9 Å². The van der Waals surface area contributed by atoms with E-state index in [-0.39, 0.29) is 18.7 Å². The molecule has 1 atom stereocenters. The molecule has 21 heavy (non-hydrogen) atoms. The summed E-state index contributed by atoms with van der Waals surface area (Å²) < 4.78 is 25.6. The molecule has 0 heterocycles. The van der Waals surface area contributed by atoms with Gasteiger partial charge in [0.15, 0.2) is 0 Å². The number of sulfonamides is 1. The minimum atomic E-state index is -3.58. The predicted molar refractivity (Wildman–Crippen MR) is 82.4 cm³/mol. The number of rotatable bonds is 10. The number of thioether (sulfide) groups is 1. The highest BCUT2D eigenvalue weighted by Crippen LogP contribution is 2.06. The van der Waals surface area contributed by atoms with Gasteiger partial charge in [0.1, 0.15) is 12.6 Å². The summed E-state index contributed by atoms with van der Waals surface area (Å²) in [5, 5.41) is 8.79. The molecule has 0 saturated carbocycles. The van der Waals surface area contributed by atoms with Crippen LogP contribution in [0.2, 0.25) is 0 Å². The molecule has 0 spiro atoms. The van der Waals surface area contributed by atoms with E-state index in [1.807, 2.05) is 6.26 Å². The monoisotopic (exact) mass is 336 g/mol. The minimum absolute atomic E-state index is 0.163. The molecule has 0 aromatic rings. The van der Waals surface area contributed by atoms with Gasteiger partial charge in [-0.1, -0.05) is 5.92 Å². The first kappa shape index (κ1) is 19.8. The van der Waals surface area contributed by atoms with Crippen LogP contribution in [0.25, 0.3) is 0 Å². The smallest absolute Gasteiger partial charge is 0.323 e. The van der Waals surface area contributed by atoms with E-state index < -0.39 is 34.5 Å². The number of carbonyl (C=O) groups excluding carboxylic acids is 1. The number of carbonyl (C=O) groups is 2. The van der Waals surface area contributed by atoms with Gasteiger partial charge in [-0.25, -0.2) is 13.1 Å². The van der Waals surface area contributed by atoms with Crippen LogP contribution in [0.1, 0.15) is 13.3 Å². The Hall–Kier alpha value is -1.24. The summed E-state index contributed by atoms with van der Waals surface area (Å²) in [6.45, 7) is 0.705. The highest BCUT2D eigenvalue weighted by atomic mass is 32.2. The highest BCUT2D eigenvalue weighted by Gasteiger charge is 2.28. The predicted octanol–water partition coefficient (Wildman–Crippen LogP) is -0.406. The van der Waals surface area contributed by atoms with E-state index in [9.17, 15) is 18.0 Å². The van der Waals surface area contributed by atoms with Crippen LogP contribution in [0.3, 0.4) is 0 Å². The first-order chi connectivity index (χ1) is 9.77. The van der Waals surface area contributed by atoms with Crippen molar-refractivity contribution in [1.82, 2.24) is 9.62 Å². The quantitative estimate of drug-likeness (QED) is 0.526. The molecule has 0 aliphatic carbocycles. The van der Waals surface area contributed by atoms with E-state index in [0.29, 0.717) is 5.75 Å². The normalized spacial score (nSPS) is 12.4. The maximum absolute atomic E-state index is 12.3. The van der Waals surface area contributed by atoms with Crippen LogP contribution in [-0.2, 0) is 19.6 Å². The molecule has 1 amide bonds. The fourth-order valence-corrected chi connectivity index (χ4v) is 2.76. The van der Waals surface area contributed by atoms with Gasteiger partial charge in [-0.15, -0.1) is 6.42 Å². The van der Waals surface area contributed by atoms with E-state index in [1.165, 1.54) is 18.7 Å². The van der Waals surface area contributed by atoms with E-state index in [2.05, 4.69) is 10.6 Å². The van der Waals surface area contributed by atoms with Crippen molar-refractivity contribution >= 4 is 33.7 Å². The average molecular weight is 336 g/mol. The molecule has 0 rings (SSSR count). The molecule has 0 radical (unpaired) electrons. The van der Waals surface area contributed by atoms with Gasteiger partial charge in [-0.05, 0) is 25.4 Å². The molecule has 0 aliphatic rings. The second-order valence-electron chi connectivity index (χ2n) is 4.15. The van der Waals surface area contributed by atoms with Crippen molar-refractivity contribution in [2.45, 2.75) is 19.4 Å². The summed E-state index contributed by atoms with van der Waals surface area (Å²) in [5.41, 5.74) is 0. The van der Waals surface area contributed by atoms with Crippen LogP contribution in [0, 0.1) is 12.3 Å². The summed E-state index contributed by atoms with van der Waals surface area (Å²) in [7, 11) is -3.58. The molecule has 120 valence electrons. The third-order valence-corrected chi connectivity index (χ3v) is 4.58. The maximum Gasteiger partial charge on any atom is 0.323 e. The summed E-state index contributed by atoms with van der Waals surface area (Å²) in [6.07, 6.45) is 7.21. The second kappa shape index (κ2) is 9.65. The number of amides is 1. The first-order valence-corrected chi connectivity index (χ1v) is 9.25. The Balaban J connectivity index is 5.13. The van der Waals surface area contributed by atoms with Gasteiger partial charge < -0.3 is 10.0 Å². The Morgan fingerprint density at radius 2 is 2.10 bits per heavy atom. The molecule has 0 fully saturated rings. The molecule has 2 N–H and O–H groups in total. The summed E-state index contributed by atoms with van der Waals surface area (Å²) in [6, 6.07) is -1.00. The van der Waals surface area contributed by atoms with Crippen LogP contribution in [0.5, 0.6) is 0 Å². The van der Waals surface area contributed by atoms with Crippen molar-refractivity contribution in [1.29, 1.82) is 0 Å². The molecular weight excluding hydrogens is 316 g/mol. The topological polar surface area (TPSA) is 104 Å². The van der Waals surface area contributed by atoms with Crippen LogP contribution < -0.4 is 4.72 Å². The van der Waals surface area contributed by atoms with Crippen LogP contribution in [-0.4, -0.2) is 67.2 Å². The standard InChI is InChI=1S/C12H20N2O5S2/c1-4-7-14(9-11(15)16)12(17)10(6-8-20-3)13-21(18,19)5-2/h1,10,13H,5-9H2,2-3H3,(H,15,16). The van der Waals surface area contributed by atoms with E-state index in [1.54, 1.807) is 0 Å². The molecular formula is C12H20N2O5S2. The number of nitrogens with zero attached hydrogens (tertiary/aromatic N) is 1. The Labute approximate surface area is 129 Å². The Morgan fingerprint density at radius 3 is 2.52 bits per heavy atom. The number of carboxylic acid groups (broad SMARTS) is 1. The Kier molecular flexibility index (Phi) is 9.08. The average Bonchev–Trinajstić information content (AvgIpc) is 2.41. The molecule has 0 bridgehead atoms. The third-order valence-electron chi connectivity index (χ3n) is 2.53. The number of terminal acetylenes is 1. The zero-order valence-electron chi connectivity index (χ0n) is 12.0. The molecule has 0 aliphatic heterocycles. The number of hydrogen-bond donors (Lipinski definition) is 2. The zero-order valence-corrected chi connectivity index (χ0v) is 13.7. The van der Waals surface area contributed by atoms with Gasteiger partial charge in [-0.3, -0.25) is 9.59 Å². The highest BCUT2D eigenvalue weighted by molar-refractivity contribution is 7.98. The number of nitrogens with one attached hydrogen (secondary N) is 1. The second-order valence-corrected chi connectivity index (χ2v) is 7.18. The van der Waals surface area contributed by atoms with E-state index in [0.717, 1.165) is 4.90 Å². The van der Waals surface area contributed by atoms with Crippen molar-refractivity contribution in [3.63, 3.8) is 0 Å². The van der Waals surface area contributed by atoms with Crippen molar-refractivity contribution in [3.8, 4) is 12.3 Å². The Bertz CT molecular complexity index is 498. The summed E-state index contributed by atoms with van der Waals surface area (Å²) in [4.78, 5) is 24.0. The fraction of sp³-hybridized carbons (Fsp3) is 0.667. The van der Waals surface area contributed by atoms with E-state index in [4.69, 9.17) is 11.5 Å². The minimum Gasteiger partial charge on any atom is -0.480 e. The van der Waals surface area contributed by atoms with Crippen molar-refractivity contribution in [2.24, 2.45) is 0 Å². The Morgan fingerprint density at radius 1 is 1.48 bits per heavy atom. The number of carboxylic acids is 1. The number of hydrogen-bond acceptors (Lipinski definition) is 5. The molecule has 0 saturated heterocycles. The number of aliphatic carboxylic acids is 1. The first-order valence-electron chi connectivity index (χ1n) is 6.20. The van der Waals surface area contributed by atoms with Gasteiger partial charge >= 0.3 is 5.97 Å². The van der Waals surface area contributed by atoms with Gasteiger partial charge in [0.2, 0.25) is 15.9 Å². The van der Waals surface area contributed by atoms with Gasteiger partial charge in [-0.2, -0.15) is 11.8 Å². The molecule has 7 nitrogen and oxygen atoms in total. The van der Waals surface area contributed by atoms with E-state index >= 15 is 0 Å². The van der Waals surface area contributed by atoms with Gasteiger partial charge in [0, 0.05) is 0 Å². The summed E-state index contributed by atoms with van der Waals surface area (Å²) in [5.74, 6) is 0.762. The van der Waals surface area contributed by atoms with Gasteiger partial charge in [0.25, 0.3) is 0 Å². The van der Waals surface area contributed by atoms with Crippen molar-refractivity contribution in [3.05, 3.63) is 0 Å². The lowest BCUT2D eigenvalue weighted by molar-refractivity contribution is -0.144. The lowest BCUT2D eigenvalue weighted by atomic mass is 10.2. The molecule has 9 heteroatoms. The largest absolute Gasteiger partial charge is 0.480 e. The molecule has 0 aromatic carbocycles. The lowest BCUT2D eigenvalue weighted by Gasteiger charge is -2.24. The fourth-order valence-electron chi connectivity index (χ4n) is 1.47. The van der Waals surface area contributed by atoms with Crippen LogP contribution in [0.15, 0.2) is 0 Å². The SMILES string of the molecule is C#CCN(CC(=O)O)C(=O)C(CCSC)NS(=O)(=O)CC. The third kappa shape index (κ3) is 7.94.